The van der Waals surface area contributed by atoms with Crippen LogP contribution in [0.4, 0.5) is 0 Å². The molecule has 0 amide bonds. The topological polar surface area (TPSA) is 6.48 Å². The van der Waals surface area contributed by atoms with Crippen molar-refractivity contribution in [2.45, 2.75) is 26.3 Å². The Bertz CT molecular complexity index is 138. The lowest BCUT2D eigenvalue weighted by molar-refractivity contribution is 0.0929. The highest BCUT2D eigenvalue weighted by molar-refractivity contribution is 14.1. The van der Waals surface area contributed by atoms with E-state index in [-0.39, 0.29) is 0 Å². The molecule has 2 nitrogen and oxygen atoms in total. The number of halogens is 1. The zero-order valence-electron chi connectivity index (χ0n) is 8.18. The smallest absolute Gasteiger partial charge is 0.295 e. The van der Waals surface area contributed by atoms with E-state index in [0.29, 0.717) is 5.54 Å². The largest absolute Gasteiger partial charge is 0.335 e. The highest BCUT2D eigenvalue weighted by atomic mass is 127. The molecule has 1 saturated heterocycles. The maximum atomic E-state index is 2.55. The van der Waals surface area contributed by atoms with Gasteiger partial charge in [-0.3, -0.25) is 4.90 Å². The molecule has 0 aromatic carbocycles. The summed E-state index contributed by atoms with van der Waals surface area (Å²) in [6.45, 7) is 11.6. The zero-order chi connectivity index (χ0) is 9.19. The molecule has 0 bridgehead atoms. The SMILES string of the molecule is CC(C)(C)N1CCN([B]I)CC1. The summed E-state index contributed by atoms with van der Waals surface area (Å²) in [4.78, 5) is 4.92. The fraction of sp³-hybridized carbons (Fsp3) is 1.00. The van der Waals surface area contributed by atoms with Crippen LogP contribution in [0, 0.1) is 0 Å². The maximum Gasteiger partial charge on any atom is 0.295 e. The summed E-state index contributed by atoms with van der Waals surface area (Å²) in [6.07, 6.45) is 0. The first-order valence-electron chi connectivity index (χ1n) is 4.46. The normalized spacial score (nSPS) is 22.7. The van der Waals surface area contributed by atoms with Crippen molar-refractivity contribution in [3.05, 3.63) is 0 Å². The molecule has 0 aromatic heterocycles. The Hall–Kier alpha value is 0.715. The van der Waals surface area contributed by atoms with Crippen molar-refractivity contribution in [1.29, 1.82) is 0 Å². The third-order valence-corrected chi connectivity index (χ3v) is 3.19. The van der Waals surface area contributed by atoms with E-state index >= 15 is 0 Å². The quantitative estimate of drug-likeness (QED) is 0.528. The molecule has 0 atom stereocenters. The van der Waals surface area contributed by atoms with E-state index in [1.165, 1.54) is 26.2 Å². The molecule has 1 heterocycles. The van der Waals surface area contributed by atoms with Crippen LogP contribution in [0.3, 0.4) is 0 Å². The Balaban J connectivity index is 2.36. The standard InChI is InChI=1S/C8H17BIN2/c1-8(2,3)11-4-6-12(9-10)7-5-11/h4-7H2,1-3H3. The molecule has 1 fully saturated rings. The van der Waals surface area contributed by atoms with Crippen LogP contribution >= 0.6 is 22.4 Å². The van der Waals surface area contributed by atoms with Crippen molar-refractivity contribution in [2.75, 3.05) is 26.2 Å². The van der Waals surface area contributed by atoms with Gasteiger partial charge < -0.3 is 4.81 Å². The third-order valence-electron chi connectivity index (χ3n) is 2.40. The molecule has 12 heavy (non-hydrogen) atoms. The average molecular weight is 279 g/mol. The summed E-state index contributed by atoms with van der Waals surface area (Å²) < 4.78 is 0. The van der Waals surface area contributed by atoms with Crippen LogP contribution in [-0.4, -0.2) is 46.7 Å². The summed E-state index contributed by atoms with van der Waals surface area (Å²) in [5.41, 5.74) is 0.345. The lowest BCUT2D eigenvalue weighted by Crippen LogP contribution is -2.53. The Kier molecular flexibility index (Phi) is 3.85. The number of piperazine rings is 1. The molecule has 1 rings (SSSR count). The molecule has 1 aliphatic rings. The molecular weight excluding hydrogens is 262 g/mol. The highest BCUT2D eigenvalue weighted by Gasteiger charge is 2.25. The van der Waals surface area contributed by atoms with E-state index in [2.05, 4.69) is 58.1 Å². The van der Waals surface area contributed by atoms with Gasteiger partial charge in [0.25, 0.3) is 5.27 Å². The monoisotopic (exact) mass is 279 g/mol. The van der Waals surface area contributed by atoms with E-state index in [4.69, 9.17) is 0 Å². The average Bonchev–Trinajstić information content (AvgIpc) is 2.03. The molecule has 69 valence electrons. The lowest BCUT2D eigenvalue weighted by atomic mass is 10.0. The first-order chi connectivity index (χ1) is 5.54. The minimum Gasteiger partial charge on any atom is -0.335 e. The molecule has 0 unspecified atom stereocenters. The van der Waals surface area contributed by atoms with Crippen molar-refractivity contribution in [3.8, 4) is 0 Å². The molecule has 0 saturated carbocycles. The Labute approximate surface area is 89.8 Å². The minimum atomic E-state index is 0.345. The second kappa shape index (κ2) is 4.29. The number of hydrogen-bond donors (Lipinski definition) is 0. The Morgan fingerprint density at radius 3 is 1.92 bits per heavy atom. The summed E-state index contributed by atoms with van der Waals surface area (Å²) >= 11 is 2.32. The van der Waals surface area contributed by atoms with Crippen LogP contribution < -0.4 is 0 Å². The molecule has 0 aliphatic carbocycles. The van der Waals surface area contributed by atoms with Gasteiger partial charge in [0.15, 0.2) is 0 Å². The molecule has 0 aromatic rings. The predicted octanol–water partition coefficient (Wildman–Crippen LogP) is 1.37. The molecule has 0 spiro atoms. The fourth-order valence-corrected chi connectivity index (χ4v) is 2.05. The van der Waals surface area contributed by atoms with E-state index in [1.807, 2.05) is 0 Å². The van der Waals surface area contributed by atoms with E-state index < -0.39 is 0 Å². The van der Waals surface area contributed by atoms with E-state index in [9.17, 15) is 0 Å². The molecule has 1 aliphatic heterocycles. The maximum absolute atomic E-state index is 2.55. The van der Waals surface area contributed by atoms with Crippen LogP contribution in [0.1, 0.15) is 20.8 Å². The Morgan fingerprint density at radius 1 is 1.08 bits per heavy atom. The van der Waals surface area contributed by atoms with Gasteiger partial charge in [-0.15, -0.1) is 22.4 Å². The first kappa shape index (κ1) is 10.8. The van der Waals surface area contributed by atoms with Crippen LogP contribution in [0.25, 0.3) is 0 Å². The van der Waals surface area contributed by atoms with Gasteiger partial charge >= 0.3 is 0 Å². The summed E-state index contributed by atoms with van der Waals surface area (Å²) in [7, 11) is 0. The van der Waals surface area contributed by atoms with Gasteiger partial charge in [-0.1, -0.05) is 0 Å². The van der Waals surface area contributed by atoms with Gasteiger partial charge in [0, 0.05) is 31.7 Å². The van der Waals surface area contributed by atoms with Crippen molar-refractivity contribution in [2.24, 2.45) is 0 Å². The summed E-state index contributed by atoms with van der Waals surface area (Å²) in [5, 5.41) is 2.16. The van der Waals surface area contributed by atoms with Crippen LogP contribution in [-0.2, 0) is 0 Å². The van der Waals surface area contributed by atoms with Crippen molar-refractivity contribution in [3.63, 3.8) is 0 Å². The fourth-order valence-electron chi connectivity index (χ4n) is 1.49. The molecule has 4 heteroatoms. The summed E-state index contributed by atoms with van der Waals surface area (Å²) in [6, 6.07) is 0. The van der Waals surface area contributed by atoms with Gasteiger partial charge in [0.2, 0.25) is 0 Å². The van der Waals surface area contributed by atoms with Crippen LogP contribution in [0.15, 0.2) is 0 Å². The third kappa shape index (κ3) is 2.89. The second-order valence-corrected chi connectivity index (χ2v) is 4.85. The summed E-state index contributed by atoms with van der Waals surface area (Å²) in [5.74, 6) is 0. The van der Waals surface area contributed by atoms with Crippen molar-refractivity contribution in [1.82, 2.24) is 9.71 Å². The number of nitrogens with zero attached hydrogens (tertiary/aromatic N) is 2. The lowest BCUT2D eigenvalue weighted by Gasteiger charge is -2.41. The van der Waals surface area contributed by atoms with Gasteiger partial charge in [-0.2, -0.15) is 0 Å². The molecule has 0 N–H and O–H groups in total. The van der Waals surface area contributed by atoms with Crippen LogP contribution in [0.5, 0.6) is 0 Å². The van der Waals surface area contributed by atoms with Crippen molar-refractivity contribution < 1.29 is 0 Å². The second-order valence-electron chi connectivity index (χ2n) is 4.29. The van der Waals surface area contributed by atoms with Crippen molar-refractivity contribution >= 4 is 27.6 Å². The minimum absolute atomic E-state index is 0.345. The van der Waals surface area contributed by atoms with E-state index in [1.54, 1.807) is 0 Å². The Morgan fingerprint density at radius 2 is 1.58 bits per heavy atom. The van der Waals surface area contributed by atoms with E-state index in [0.717, 1.165) is 0 Å². The molecular formula is C8H17BIN2. The van der Waals surface area contributed by atoms with Crippen LogP contribution in [0.2, 0.25) is 0 Å². The highest BCUT2D eigenvalue weighted by Crippen LogP contribution is 2.15. The number of hydrogen-bond acceptors (Lipinski definition) is 2. The predicted molar refractivity (Wildman–Crippen MR) is 62.7 cm³/mol. The van der Waals surface area contributed by atoms with Gasteiger partial charge in [-0.25, -0.2) is 0 Å². The molecule has 1 radical (unpaired) electrons. The van der Waals surface area contributed by atoms with Gasteiger partial charge in [0.1, 0.15) is 0 Å². The van der Waals surface area contributed by atoms with Gasteiger partial charge in [0.05, 0.1) is 0 Å². The first-order valence-corrected chi connectivity index (χ1v) is 5.71. The van der Waals surface area contributed by atoms with Gasteiger partial charge in [-0.05, 0) is 20.8 Å². The zero-order valence-corrected chi connectivity index (χ0v) is 10.3. The number of rotatable bonds is 1.